The third-order valence-electron chi connectivity index (χ3n) is 2.59. The Morgan fingerprint density at radius 1 is 1.14 bits per heavy atom. The molecule has 0 fully saturated rings. The van der Waals surface area contributed by atoms with E-state index >= 15 is 0 Å². The number of methoxy groups -OCH3 is 1. The molecule has 0 aliphatic carbocycles. The van der Waals surface area contributed by atoms with Crippen molar-refractivity contribution in [2.24, 2.45) is 0 Å². The van der Waals surface area contributed by atoms with E-state index in [0.717, 1.165) is 5.56 Å². The number of aryl methyl sites for hydroxylation is 1. The first-order valence-corrected chi connectivity index (χ1v) is 7.24. The van der Waals surface area contributed by atoms with Crippen molar-refractivity contribution in [1.29, 1.82) is 0 Å². The predicted octanol–water partition coefficient (Wildman–Crippen LogP) is 3.31. The molecule has 21 heavy (non-hydrogen) atoms. The normalized spacial score (nSPS) is 10.7. The summed E-state index contributed by atoms with van der Waals surface area (Å²) in [6, 6.07) is 3.16. The summed E-state index contributed by atoms with van der Waals surface area (Å²) in [7, 11) is 1.58. The van der Waals surface area contributed by atoms with Crippen LogP contribution in [0.5, 0.6) is 0 Å². The lowest BCUT2D eigenvalue weighted by molar-refractivity contribution is -0.247. The summed E-state index contributed by atoms with van der Waals surface area (Å²) in [5.41, 5.74) is 0.959. The monoisotopic (exact) mass is 336 g/mol. The molecule has 7 heteroatoms. The van der Waals surface area contributed by atoms with E-state index in [1.165, 1.54) is 6.07 Å². The van der Waals surface area contributed by atoms with Gasteiger partial charge >= 0.3 is 5.97 Å². The topological polar surface area (TPSA) is 54.0 Å². The fourth-order valence-electron chi connectivity index (χ4n) is 1.53. The molecule has 0 unspecified atom stereocenters. The van der Waals surface area contributed by atoms with Crippen molar-refractivity contribution in [3.8, 4) is 0 Å². The van der Waals surface area contributed by atoms with Crippen LogP contribution in [0.3, 0.4) is 0 Å². The first-order chi connectivity index (χ1) is 10.1. The number of benzene rings is 1. The molecule has 0 N–H and O–H groups in total. The smallest absolute Gasteiger partial charge is 0.374 e. The van der Waals surface area contributed by atoms with Gasteiger partial charge in [-0.15, -0.1) is 0 Å². The van der Waals surface area contributed by atoms with Crippen molar-refractivity contribution in [3.63, 3.8) is 0 Å². The molecule has 0 aliphatic heterocycles. The van der Waals surface area contributed by atoms with E-state index in [4.69, 9.17) is 37.6 Å². The molecule has 0 saturated heterocycles. The molecule has 0 heterocycles. The van der Waals surface area contributed by atoms with Crippen LogP contribution in [0.4, 0.5) is 0 Å². The zero-order valence-electron chi connectivity index (χ0n) is 12.0. The van der Waals surface area contributed by atoms with Crippen molar-refractivity contribution in [2.75, 3.05) is 33.5 Å². The van der Waals surface area contributed by atoms with E-state index in [9.17, 15) is 4.79 Å². The number of carbonyl (C=O) groups is 1. The minimum atomic E-state index is -0.686. The van der Waals surface area contributed by atoms with Gasteiger partial charge in [-0.2, -0.15) is 4.89 Å². The van der Waals surface area contributed by atoms with Gasteiger partial charge in [-0.25, -0.2) is 4.79 Å². The van der Waals surface area contributed by atoms with E-state index in [1.807, 2.05) is 6.92 Å². The Bertz CT molecular complexity index is 465. The van der Waals surface area contributed by atoms with Crippen LogP contribution in [0.15, 0.2) is 12.1 Å². The molecule has 0 aromatic heterocycles. The Morgan fingerprint density at radius 3 is 2.52 bits per heavy atom. The number of rotatable bonds is 9. The molecule has 1 rings (SSSR count). The Labute approximate surface area is 134 Å². The van der Waals surface area contributed by atoms with Crippen molar-refractivity contribution < 1.29 is 24.0 Å². The molecular formula is C14H18Cl2O5. The van der Waals surface area contributed by atoms with E-state index in [2.05, 4.69) is 4.89 Å². The van der Waals surface area contributed by atoms with Crippen molar-refractivity contribution in [3.05, 3.63) is 33.3 Å². The quantitative estimate of drug-likeness (QED) is 0.393. The molecule has 1 aromatic rings. The molecular weight excluding hydrogens is 319 g/mol. The van der Waals surface area contributed by atoms with Gasteiger partial charge in [-0.1, -0.05) is 30.1 Å². The maximum Gasteiger partial charge on any atom is 0.374 e. The molecule has 0 atom stereocenters. The number of halogens is 2. The molecule has 1 aromatic carbocycles. The summed E-state index contributed by atoms with van der Waals surface area (Å²) in [4.78, 5) is 21.3. The number of ether oxygens (including phenoxy) is 2. The molecule has 5 nitrogen and oxygen atoms in total. The van der Waals surface area contributed by atoms with E-state index in [1.54, 1.807) is 13.2 Å². The van der Waals surface area contributed by atoms with Crippen LogP contribution in [0, 0.1) is 0 Å². The lowest BCUT2D eigenvalue weighted by atomic mass is 10.1. The van der Waals surface area contributed by atoms with Gasteiger partial charge in [0.2, 0.25) is 0 Å². The lowest BCUT2D eigenvalue weighted by Crippen LogP contribution is -2.12. The highest BCUT2D eigenvalue weighted by molar-refractivity contribution is 6.36. The lowest BCUT2D eigenvalue weighted by Gasteiger charge is -2.09. The first kappa shape index (κ1) is 18.2. The Morgan fingerprint density at radius 2 is 1.86 bits per heavy atom. The minimum absolute atomic E-state index is 0.119. The standard InChI is InChI=1S/C14H18Cl2O5/c1-3-10-8-11(15)9-12(13(10)16)14(17)21-20-7-6-19-5-4-18-2/h8-9H,3-7H2,1-2H3. The zero-order valence-corrected chi connectivity index (χ0v) is 13.5. The van der Waals surface area contributed by atoms with Crippen molar-refractivity contribution in [1.82, 2.24) is 0 Å². The molecule has 0 bridgehead atoms. The molecule has 0 saturated carbocycles. The summed E-state index contributed by atoms with van der Waals surface area (Å²) in [5, 5.41) is 0.748. The Hall–Kier alpha value is -0.850. The second-order valence-corrected chi connectivity index (χ2v) is 4.89. The fourth-order valence-corrected chi connectivity index (χ4v) is 2.09. The van der Waals surface area contributed by atoms with Crippen LogP contribution in [0.1, 0.15) is 22.8 Å². The van der Waals surface area contributed by atoms with E-state index in [-0.39, 0.29) is 12.2 Å². The second kappa shape index (κ2) is 9.97. The van der Waals surface area contributed by atoms with Gasteiger partial charge < -0.3 is 9.47 Å². The molecule has 0 spiro atoms. The summed E-state index contributed by atoms with van der Waals surface area (Å²) in [5.74, 6) is -0.686. The van der Waals surface area contributed by atoms with Gasteiger partial charge in [0.25, 0.3) is 0 Å². The molecule has 0 radical (unpaired) electrons. The van der Waals surface area contributed by atoms with E-state index < -0.39 is 5.97 Å². The maximum atomic E-state index is 11.9. The summed E-state index contributed by atoms with van der Waals surface area (Å²) in [6.45, 7) is 3.28. The Balaban J connectivity index is 2.44. The molecule has 0 aliphatic rings. The van der Waals surface area contributed by atoms with Crippen LogP contribution >= 0.6 is 23.2 Å². The van der Waals surface area contributed by atoms with Crippen LogP contribution in [-0.4, -0.2) is 39.5 Å². The third kappa shape index (κ3) is 6.20. The first-order valence-electron chi connectivity index (χ1n) is 6.48. The van der Waals surface area contributed by atoms with Gasteiger partial charge in [0, 0.05) is 12.1 Å². The van der Waals surface area contributed by atoms with E-state index in [0.29, 0.717) is 36.3 Å². The molecule has 0 amide bonds. The largest absolute Gasteiger partial charge is 0.382 e. The fraction of sp³-hybridized carbons (Fsp3) is 0.500. The van der Waals surface area contributed by atoms with Gasteiger partial charge in [0.05, 0.1) is 30.4 Å². The SMILES string of the molecule is CCc1cc(Cl)cc(C(=O)OOCCOCCOC)c1Cl. The summed E-state index contributed by atoms with van der Waals surface area (Å²) < 4.78 is 9.96. The predicted molar refractivity (Wildman–Crippen MR) is 79.9 cm³/mol. The second-order valence-electron chi connectivity index (χ2n) is 4.08. The molecule has 118 valence electrons. The summed E-state index contributed by atoms with van der Waals surface area (Å²) >= 11 is 12.1. The van der Waals surface area contributed by atoms with Crippen molar-refractivity contribution >= 4 is 29.2 Å². The number of carbonyl (C=O) groups excluding carboxylic acids is 1. The highest BCUT2D eigenvalue weighted by Gasteiger charge is 2.16. The highest BCUT2D eigenvalue weighted by atomic mass is 35.5. The average molecular weight is 337 g/mol. The number of hydrogen-bond donors (Lipinski definition) is 0. The van der Waals surface area contributed by atoms with Gasteiger partial charge in [0.15, 0.2) is 0 Å². The van der Waals surface area contributed by atoms with Gasteiger partial charge in [0.1, 0.15) is 6.61 Å². The zero-order chi connectivity index (χ0) is 15.7. The van der Waals surface area contributed by atoms with Gasteiger partial charge in [-0.3, -0.25) is 4.89 Å². The maximum absolute atomic E-state index is 11.9. The van der Waals surface area contributed by atoms with Crippen LogP contribution in [-0.2, 0) is 25.7 Å². The van der Waals surface area contributed by atoms with Gasteiger partial charge in [-0.05, 0) is 24.1 Å². The van der Waals surface area contributed by atoms with Crippen LogP contribution < -0.4 is 0 Å². The summed E-state index contributed by atoms with van der Waals surface area (Å²) in [6.07, 6.45) is 0.661. The third-order valence-corrected chi connectivity index (χ3v) is 3.26. The van der Waals surface area contributed by atoms with Crippen LogP contribution in [0.2, 0.25) is 10.0 Å². The van der Waals surface area contributed by atoms with Crippen molar-refractivity contribution in [2.45, 2.75) is 13.3 Å². The Kier molecular flexibility index (Phi) is 8.64. The highest BCUT2D eigenvalue weighted by Crippen LogP contribution is 2.27. The minimum Gasteiger partial charge on any atom is -0.382 e. The average Bonchev–Trinajstić information content (AvgIpc) is 2.48. The van der Waals surface area contributed by atoms with Crippen LogP contribution in [0.25, 0.3) is 0 Å². The number of hydrogen-bond acceptors (Lipinski definition) is 5.